The molecule has 0 radical (unpaired) electrons. The van der Waals surface area contributed by atoms with Gasteiger partial charge in [-0.25, -0.2) is 4.79 Å². The van der Waals surface area contributed by atoms with E-state index in [0.29, 0.717) is 17.3 Å². The van der Waals surface area contributed by atoms with Gasteiger partial charge in [-0.05, 0) is 18.6 Å². The SMILES string of the molecule is CCCCCCC(=O)Nc1nc2ccccc2c(=O)o1. The lowest BCUT2D eigenvalue weighted by molar-refractivity contribution is -0.116. The molecule has 106 valence electrons. The monoisotopic (exact) mass is 274 g/mol. The Labute approximate surface area is 117 Å². The molecular formula is C15H18N2O3. The molecule has 2 aromatic rings. The lowest BCUT2D eigenvalue weighted by Crippen LogP contribution is -2.14. The maximum Gasteiger partial charge on any atom is 0.348 e. The van der Waals surface area contributed by atoms with Gasteiger partial charge in [0.1, 0.15) is 0 Å². The van der Waals surface area contributed by atoms with Gasteiger partial charge >= 0.3 is 11.6 Å². The lowest BCUT2D eigenvalue weighted by Gasteiger charge is -2.03. The summed E-state index contributed by atoms with van der Waals surface area (Å²) in [6.45, 7) is 2.12. The van der Waals surface area contributed by atoms with E-state index < -0.39 is 5.63 Å². The maximum atomic E-state index is 11.7. The molecule has 0 saturated heterocycles. The van der Waals surface area contributed by atoms with E-state index in [4.69, 9.17) is 4.42 Å². The van der Waals surface area contributed by atoms with Crippen LogP contribution in [0.3, 0.4) is 0 Å². The Morgan fingerprint density at radius 3 is 2.85 bits per heavy atom. The summed E-state index contributed by atoms with van der Waals surface area (Å²) in [5.74, 6) is -0.174. The highest BCUT2D eigenvalue weighted by Gasteiger charge is 2.08. The summed E-state index contributed by atoms with van der Waals surface area (Å²) in [6.07, 6.45) is 4.52. The number of rotatable bonds is 6. The average Bonchev–Trinajstić information content (AvgIpc) is 2.44. The first kappa shape index (κ1) is 14.2. The second kappa shape index (κ2) is 6.84. The van der Waals surface area contributed by atoms with Crippen LogP contribution in [-0.2, 0) is 4.79 Å². The van der Waals surface area contributed by atoms with Crippen molar-refractivity contribution in [1.29, 1.82) is 0 Å². The van der Waals surface area contributed by atoms with Gasteiger partial charge in [-0.3, -0.25) is 10.1 Å². The van der Waals surface area contributed by atoms with Gasteiger partial charge in [-0.15, -0.1) is 0 Å². The number of carbonyl (C=O) groups excluding carboxylic acids is 1. The molecule has 1 N–H and O–H groups in total. The van der Waals surface area contributed by atoms with Crippen molar-refractivity contribution in [2.45, 2.75) is 39.0 Å². The third kappa shape index (κ3) is 3.66. The van der Waals surface area contributed by atoms with E-state index in [1.807, 2.05) is 0 Å². The molecule has 1 aromatic carbocycles. The number of nitrogens with zero attached hydrogens (tertiary/aromatic N) is 1. The summed E-state index contributed by atoms with van der Waals surface area (Å²) < 4.78 is 4.99. The number of fused-ring (bicyclic) bond motifs is 1. The standard InChI is InChI=1S/C15H18N2O3/c1-2-3-4-5-10-13(18)17-15-16-12-9-7-6-8-11(12)14(19)20-15/h6-9H,2-5,10H2,1H3,(H,16,17,18). The Kier molecular flexibility index (Phi) is 4.87. The highest BCUT2D eigenvalue weighted by Crippen LogP contribution is 2.11. The van der Waals surface area contributed by atoms with E-state index in [1.54, 1.807) is 24.3 Å². The molecule has 0 aliphatic carbocycles. The van der Waals surface area contributed by atoms with Gasteiger partial charge in [0.25, 0.3) is 0 Å². The van der Waals surface area contributed by atoms with E-state index in [2.05, 4.69) is 17.2 Å². The smallest absolute Gasteiger partial charge is 0.348 e. The number of anilines is 1. The van der Waals surface area contributed by atoms with Gasteiger partial charge in [-0.2, -0.15) is 4.98 Å². The highest BCUT2D eigenvalue weighted by molar-refractivity contribution is 5.89. The first-order chi connectivity index (χ1) is 9.70. The van der Waals surface area contributed by atoms with E-state index >= 15 is 0 Å². The molecular weight excluding hydrogens is 256 g/mol. The summed E-state index contributed by atoms with van der Waals surface area (Å²) in [6, 6.07) is 6.85. The number of amides is 1. The number of aromatic nitrogens is 1. The predicted molar refractivity (Wildman–Crippen MR) is 77.7 cm³/mol. The quantitative estimate of drug-likeness (QED) is 0.821. The van der Waals surface area contributed by atoms with Crippen molar-refractivity contribution in [1.82, 2.24) is 4.98 Å². The molecule has 1 heterocycles. The normalized spacial score (nSPS) is 10.7. The van der Waals surface area contributed by atoms with Crippen molar-refractivity contribution < 1.29 is 9.21 Å². The second-order valence-corrected chi connectivity index (χ2v) is 4.68. The number of carbonyl (C=O) groups is 1. The summed E-state index contributed by atoms with van der Waals surface area (Å²) in [5, 5.41) is 2.95. The summed E-state index contributed by atoms with van der Waals surface area (Å²) in [5.41, 5.74) is 0.0296. The highest BCUT2D eigenvalue weighted by atomic mass is 16.4. The molecule has 1 amide bonds. The van der Waals surface area contributed by atoms with Crippen molar-refractivity contribution in [2.24, 2.45) is 0 Å². The predicted octanol–water partition coefficient (Wildman–Crippen LogP) is 3.10. The van der Waals surface area contributed by atoms with E-state index in [0.717, 1.165) is 25.7 Å². The summed E-state index contributed by atoms with van der Waals surface area (Å²) in [4.78, 5) is 27.6. The summed E-state index contributed by atoms with van der Waals surface area (Å²) >= 11 is 0. The fourth-order valence-electron chi connectivity index (χ4n) is 1.97. The fraction of sp³-hybridized carbons (Fsp3) is 0.400. The van der Waals surface area contributed by atoms with Crippen LogP contribution >= 0.6 is 0 Å². The Morgan fingerprint density at radius 2 is 2.05 bits per heavy atom. The van der Waals surface area contributed by atoms with E-state index in [1.165, 1.54) is 0 Å². The van der Waals surface area contributed by atoms with Crippen molar-refractivity contribution in [2.75, 3.05) is 5.32 Å². The Bertz CT molecular complexity index is 649. The van der Waals surface area contributed by atoms with Crippen molar-refractivity contribution in [3.05, 3.63) is 34.7 Å². The van der Waals surface area contributed by atoms with Gasteiger partial charge in [0.2, 0.25) is 5.91 Å². The van der Waals surface area contributed by atoms with Gasteiger partial charge in [0.05, 0.1) is 10.9 Å². The molecule has 5 heteroatoms. The van der Waals surface area contributed by atoms with Crippen LogP contribution in [0.5, 0.6) is 0 Å². The van der Waals surface area contributed by atoms with Gasteiger partial charge in [0, 0.05) is 6.42 Å². The van der Waals surface area contributed by atoms with Gasteiger partial charge in [0.15, 0.2) is 0 Å². The van der Waals surface area contributed by atoms with Crippen LogP contribution in [0, 0.1) is 0 Å². The van der Waals surface area contributed by atoms with E-state index in [9.17, 15) is 9.59 Å². The topological polar surface area (TPSA) is 72.2 Å². The van der Waals surface area contributed by atoms with Crippen LogP contribution in [0.1, 0.15) is 39.0 Å². The molecule has 2 rings (SSSR count). The van der Waals surface area contributed by atoms with Gasteiger partial charge < -0.3 is 4.42 Å². The first-order valence-electron chi connectivity index (χ1n) is 6.90. The van der Waals surface area contributed by atoms with Crippen molar-refractivity contribution >= 4 is 22.8 Å². The second-order valence-electron chi connectivity index (χ2n) is 4.68. The molecule has 5 nitrogen and oxygen atoms in total. The third-order valence-corrected chi connectivity index (χ3v) is 3.04. The minimum Gasteiger partial charge on any atom is -0.388 e. The average molecular weight is 274 g/mol. The van der Waals surface area contributed by atoms with Crippen LogP contribution in [-0.4, -0.2) is 10.9 Å². The molecule has 0 bridgehead atoms. The molecule has 0 spiro atoms. The molecule has 0 saturated carbocycles. The molecule has 1 aromatic heterocycles. The van der Waals surface area contributed by atoms with Crippen molar-refractivity contribution in [3.63, 3.8) is 0 Å². The Balaban J connectivity index is 2.03. The van der Waals surface area contributed by atoms with Crippen molar-refractivity contribution in [3.8, 4) is 0 Å². The molecule has 0 fully saturated rings. The summed E-state index contributed by atoms with van der Waals surface area (Å²) in [7, 11) is 0. The Hall–Kier alpha value is -2.17. The van der Waals surface area contributed by atoms with Gasteiger partial charge in [-0.1, -0.05) is 38.3 Å². The lowest BCUT2D eigenvalue weighted by atomic mass is 10.1. The number of unbranched alkanes of at least 4 members (excludes halogenated alkanes) is 3. The molecule has 0 unspecified atom stereocenters. The Morgan fingerprint density at radius 1 is 1.25 bits per heavy atom. The first-order valence-corrected chi connectivity index (χ1v) is 6.90. The number of hydrogen-bond acceptors (Lipinski definition) is 4. The zero-order chi connectivity index (χ0) is 14.4. The number of benzene rings is 1. The minimum atomic E-state index is -0.489. The van der Waals surface area contributed by atoms with Crippen LogP contribution in [0.4, 0.5) is 6.01 Å². The number of para-hydroxylation sites is 1. The van der Waals surface area contributed by atoms with Crippen LogP contribution in [0.25, 0.3) is 10.9 Å². The van der Waals surface area contributed by atoms with Crippen LogP contribution < -0.4 is 10.9 Å². The minimum absolute atomic E-state index is 0.0332. The van der Waals surface area contributed by atoms with Crippen LogP contribution in [0.15, 0.2) is 33.5 Å². The maximum absolute atomic E-state index is 11.7. The van der Waals surface area contributed by atoms with Crippen LogP contribution in [0.2, 0.25) is 0 Å². The zero-order valence-corrected chi connectivity index (χ0v) is 11.5. The molecule has 20 heavy (non-hydrogen) atoms. The molecule has 0 aliphatic rings. The molecule has 0 atom stereocenters. The zero-order valence-electron chi connectivity index (χ0n) is 11.5. The fourth-order valence-corrected chi connectivity index (χ4v) is 1.97. The largest absolute Gasteiger partial charge is 0.388 e. The number of nitrogens with one attached hydrogen (secondary N) is 1. The third-order valence-electron chi connectivity index (χ3n) is 3.04. The number of hydrogen-bond donors (Lipinski definition) is 1. The molecule has 0 aliphatic heterocycles. The van der Waals surface area contributed by atoms with E-state index in [-0.39, 0.29) is 11.9 Å².